The second-order valence-electron chi connectivity index (χ2n) is 4.52. The summed E-state index contributed by atoms with van der Waals surface area (Å²) in [7, 11) is 3.93. The molecule has 0 aliphatic heterocycles. The molecule has 0 rings (SSSR count). The maximum atomic E-state index is 5.39. The minimum Gasteiger partial charge on any atom is -0.380 e. The van der Waals surface area contributed by atoms with Gasteiger partial charge in [0, 0.05) is 20.6 Å². The van der Waals surface area contributed by atoms with Crippen LogP contribution in [0.4, 0.5) is 0 Å². The van der Waals surface area contributed by atoms with Crippen LogP contribution in [0, 0.1) is 0 Å². The molecule has 17 heavy (non-hydrogen) atoms. The van der Waals surface area contributed by atoms with E-state index in [-0.39, 0.29) is 0 Å². The fourth-order valence-electron chi connectivity index (χ4n) is 2.03. The summed E-state index contributed by atoms with van der Waals surface area (Å²) in [6.07, 6.45) is 11.3. The summed E-state index contributed by atoms with van der Waals surface area (Å²) in [5, 5.41) is 0. The first kappa shape index (κ1) is 17.1. The van der Waals surface area contributed by atoms with Crippen molar-refractivity contribution in [2.75, 3.05) is 14.2 Å². The van der Waals surface area contributed by atoms with Gasteiger partial charge in [0.25, 0.3) is 5.97 Å². The van der Waals surface area contributed by atoms with E-state index in [9.17, 15) is 0 Å². The maximum absolute atomic E-state index is 5.39. The Hall–Kier alpha value is 0.0969. The Morgan fingerprint density at radius 3 is 1.71 bits per heavy atom. The van der Waals surface area contributed by atoms with Gasteiger partial charge in [-0.05, 0) is 6.42 Å². The van der Waals surface area contributed by atoms with E-state index < -0.39 is 5.97 Å². The highest BCUT2D eigenvalue weighted by Crippen LogP contribution is 2.21. The van der Waals surface area contributed by atoms with Gasteiger partial charge in [-0.15, -0.1) is 0 Å². The average Bonchev–Trinajstić information content (AvgIpc) is 2.38. The second-order valence-corrected chi connectivity index (χ2v) is 4.93. The zero-order valence-corrected chi connectivity index (χ0v) is 14.1. The Labute approximate surface area is 110 Å². The van der Waals surface area contributed by atoms with E-state index in [2.05, 4.69) is 6.92 Å². The smallest absolute Gasteiger partial charge is 0.272 e. The van der Waals surface area contributed by atoms with Crippen molar-refractivity contribution in [3.05, 3.63) is 0 Å². The summed E-state index contributed by atoms with van der Waals surface area (Å²) in [4.78, 5) is 0. The van der Waals surface area contributed by atoms with Gasteiger partial charge in [-0.3, -0.25) is 0 Å². The van der Waals surface area contributed by atoms with E-state index in [0.29, 0.717) is 10.5 Å². The maximum Gasteiger partial charge on any atom is 0.272 e. The number of rotatable bonds is 12. The molecule has 0 aliphatic carbocycles. The second kappa shape index (κ2) is 11.2. The minimum atomic E-state index is -0.769. The standard InChI is InChI=1S/C13H30O3Si/c1-4-5-6-7-8-9-10-11-12-13(14-2,15-3)16-17/h4-12H2,1-3,17H3. The first-order valence-electron chi connectivity index (χ1n) is 6.90. The molecule has 0 amide bonds. The number of ether oxygens (including phenoxy) is 2. The lowest BCUT2D eigenvalue weighted by molar-refractivity contribution is -0.325. The lowest BCUT2D eigenvalue weighted by atomic mass is 10.1. The first-order chi connectivity index (χ1) is 8.24. The van der Waals surface area contributed by atoms with Crippen molar-refractivity contribution < 1.29 is 13.9 Å². The molecule has 3 nitrogen and oxygen atoms in total. The number of hydrogen-bond donors (Lipinski definition) is 0. The van der Waals surface area contributed by atoms with Crippen molar-refractivity contribution >= 4 is 10.5 Å². The number of hydrogen-bond acceptors (Lipinski definition) is 3. The third kappa shape index (κ3) is 7.92. The molecule has 4 heteroatoms. The molecule has 0 saturated carbocycles. The van der Waals surface area contributed by atoms with Crippen LogP contribution in [0.1, 0.15) is 64.7 Å². The molecule has 0 aromatic heterocycles. The van der Waals surface area contributed by atoms with Crippen LogP contribution in [0.2, 0.25) is 0 Å². The van der Waals surface area contributed by atoms with Crippen LogP contribution in [0.3, 0.4) is 0 Å². The molecule has 0 spiro atoms. The predicted molar refractivity (Wildman–Crippen MR) is 75.0 cm³/mol. The van der Waals surface area contributed by atoms with Gasteiger partial charge in [0.2, 0.25) is 0 Å². The van der Waals surface area contributed by atoms with Crippen molar-refractivity contribution in [1.82, 2.24) is 0 Å². The van der Waals surface area contributed by atoms with Crippen LogP contribution in [0.15, 0.2) is 0 Å². The highest BCUT2D eigenvalue weighted by molar-refractivity contribution is 5.98. The number of methoxy groups -OCH3 is 2. The van der Waals surface area contributed by atoms with Crippen molar-refractivity contribution in [1.29, 1.82) is 0 Å². The van der Waals surface area contributed by atoms with Gasteiger partial charge in [-0.1, -0.05) is 51.9 Å². The van der Waals surface area contributed by atoms with E-state index in [1.807, 2.05) is 0 Å². The molecule has 0 aliphatic rings. The molecule has 0 fully saturated rings. The molecule has 0 aromatic rings. The van der Waals surface area contributed by atoms with E-state index in [1.54, 1.807) is 14.2 Å². The van der Waals surface area contributed by atoms with E-state index in [0.717, 1.165) is 12.8 Å². The molecule has 0 radical (unpaired) electrons. The fraction of sp³-hybridized carbons (Fsp3) is 1.00. The minimum absolute atomic E-state index is 0.636. The summed E-state index contributed by atoms with van der Waals surface area (Å²) >= 11 is 0. The molecule has 0 N–H and O–H groups in total. The van der Waals surface area contributed by atoms with Gasteiger partial charge >= 0.3 is 0 Å². The molecular formula is C13H30O3Si. The summed E-state index contributed by atoms with van der Waals surface area (Å²) in [5.41, 5.74) is 0. The summed E-state index contributed by atoms with van der Waals surface area (Å²) in [5.74, 6) is -0.769. The molecule has 104 valence electrons. The largest absolute Gasteiger partial charge is 0.380 e. The third-order valence-corrected chi connectivity index (χ3v) is 3.89. The topological polar surface area (TPSA) is 27.7 Å². The van der Waals surface area contributed by atoms with Gasteiger partial charge in [0.15, 0.2) is 10.5 Å². The zero-order valence-electron chi connectivity index (χ0n) is 12.1. The Kier molecular flexibility index (Phi) is 11.3. The van der Waals surface area contributed by atoms with Gasteiger partial charge in [-0.2, -0.15) is 0 Å². The Bertz CT molecular complexity index is 152. The van der Waals surface area contributed by atoms with Crippen molar-refractivity contribution in [2.24, 2.45) is 0 Å². The van der Waals surface area contributed by atoms with Gasteiger partial charge in [-0.25, -0.2) is 0 Å². The third-order valence-electron chi connectivity index (χ3n) is 3.27. The van der Waals surface area contributed by atoms with Crippen LogP contribution in [-0.2, 0) is 13.9 Å². The van der Waals surface area contributed by atoms with E-state index >= 15 is 0 Å². The van der Waals surface area contributed by atoms with Gasteiger partial charge < -0.3 is 13.9 Å². The Morgan fingerprint density at radius 2 is 1.29 bits per heavy atom. The lowest BCUT2D eigenvalue weighted by Crippen LogP contribution is -2.36. The summed E-state index contributed by atoms with van der Waals surface area (Å²) in [6.45, 7) is 2.25. The molecule has 0 atom stereocenters. The van der Waals surface area contributed by atoms with Crippen molar-refractivity contribution in [3.63, 3.8) is 0 Å². The van der Waals surface area contributed by atoms with Crippen LogP contribution < -0.4 is 0 Å². The highest BCUT2D eigenvalue weighted by Gasteiger charge is 2.27. The molecule has 0 unspecified atom stereocenters. The van der Waals surface area contributed by atoms with Crippen molar-refractivity contribution in [3.8, 4) is 0 Å². The quantitative estimate of drug-likeness (QED) is 0.307. The van der Waals surface area contributed by atoms with Crippen LogP contribution >= 0.6 is 0 Å². The summed E-state index contributed by atoms with van der Waals surface area (Å²) in [6, 6.07) is 0. The number of unbranched alkanes of at least 4 members (excludes halogenated alkanes) is 7. The van der Waals surface area contributed by atoms with Gasteiger partial charge in [0.05, 0.1) is 0 Å². The van der Waals surface area contributed by atoms with Crippen molar-refractivity contribution in [2.45, 2.75) is 70.7 Å². The first-order valence-corrected chi connectivity index (χ1v) is 7.71. The van der Waals surface area contributed by atoms with Crippen LogP contribution in [-0.4, -0.2) is 30.7 Å². The van der Waals surface area contributed by atoms with Crippen LogP contribution in [0.25, 0.3) is 0 Å². The van der Waals surface area contributed by atoms with Gasteiger partial charge in [0.1, 0.15) is 0 Å². The Balaban J connectivity index is 3.43. The lowest BCUT2D eigenvalue weighted by Gasteiger charge is -2.29. The monoisotopic (exact) mass is 262 g/mol. The SMILES string of the molecule is CCCCCCCCCCC(OC)(OC)O[SiH3]. The molecular weight excluding hydrogens is 232 g/mol. The fourth-order valence-corrected chi connectivity index (χ4v) is 2.57. The zero-order chi connectivity index (χ0) is 13.0. The molecule has 0 bridgehead atoms. The Morgan fingerprint density at radius 1 is 0.824 bits per heavy atom. The molecule has 0 heterocycles. The normalized spacial score (nSPS) is 12.2. The average molecular weight is 262 g/mol. The molecule has 0 aromatic carbocycles. The van der Waals surface area contributed by atoms with Crippen LogP contribution in [0.5, 0.6) is 0 Å². The predicted octanol–water partition coefficient (Wildman–Crippen LogP) is 2.76. The van der Waals surface area contributed by atoms with E-state index in [1.165, 1.54) is 44.9 Å². The molecule has 0 saturated heterocycles. The summed E-state index contributed by atoms with van der Waals surface area (Å²) < 4.78 is 16.0. The van der Waals surface area contributed by atoms with E-state index in [4.69, 9.17) is 13.9 Å². The highest BCUT2D eigenvalue weighted by atomic mass is 28.2.